The number of aliphatic hydroxyl groups is 9. The molecule has 2 aliphatic heterocycles. The molecular weight excluding hydrogens is 624 g/mol. The predicted octanol–water partition coefficient (Wildman–Crippen LogP) is -1.65. The first-order valence-corrected chi connectivity index (χ1v) is 15.3. The van der Waals surface area contributed by atoms with Crippen molar-refractivity contribution >= 4 is 0 Å². The Balaban J connectivity index is 1.39. The van der Waals surface area contributed by atoms with E-state index in [1.165, 1.54) is 7.11 Å². The lowest BCUT2D eigenvalue weighted by Crippen LogP contribution is -2.58. The van der Waals surface area contributed by atoms with Crippen molar-refractivity contribution in [2.45, 2.75) is 66.6 Å². The summed E-state index contributed by atoms with van der Waals surface area (Å²) >= 11 is 0. The highest BCUT2D eigenvalue weighted by Gasteiger charge is 2.45. The van der Waals surface area contributed by atoms with Crippen molar-refractivity contribution in [3.8, 4) is 40.6 Å². The lowest BCUT2D eigenvalue weighted by Gasteiger charge is -2.37. The zero-order valence-electron chi connectivity index (χ0n) is 25.7. The van der Waals surface area contributed by atoms with Crippen molar-refractivity contribution < 1.29 is 60.2 Å². The fraction of sp³-hybridized carbons (Fsp3) is 0.389. The average molecular weight is 661 g/mol. The number of ether oxygens (including phenoxy) is 3. The quantitative estimate of drug-likeness (QED) is 0.144. The van der Waals surface area contributed by atoms with Crippen LogP contribution in [0.1, 0.15) is 27.8 Å². The SMILES string of the molecule is COc1cccc(C2(O)c3cc(C#C[C@H]4O[C@H](CO)[C@@H](O)[C@H](O)[C@@H]4O)ccc3-c3ccc(C#C[C@H]4O[C@H](CO)[C@@H](O)[C@H](O)[C@@H]4O)cc32)c1. The number of hydrogen-bond acceptors (Lipinski definition) is 12. The van der Waals surface area contributed by atoms with Crippen molar-refractivity contribution in [2.24, 2.45) is 0 Å². The lowest BCUT2D eigenvalue weighted by atomic mass is 9.83. The van der Waals surface area contributed by atoms with E-state index in [2.05, 4.69) is 23.7 Å². The molecule has 2 saturated heterocycles. The van der Waals surface area contributed by atoms with Crippen LogP contribution >= 0.6 is 0 Å². The third-order valence-corrected chi connectivity index (χ3v) is 9.10. The highest BCUT2D eigenvalue weighted by atomic mass is 16.5. The molecule has 2 fully saturated rings. The Kier molecular flexibility index (Phi) is 9.62. The van der Waals surface area contributed by atoms with Gasteiger partial charge in [-0.3, -0.25) is 0 Å². The first-order chi connectivity index (χ1) is 23.0. The Morgan fingerprint density at radius 3 is 1.56 bits per heavy atom. The van der Waals surface area contributed by atoms with Gasteiger partial charge in [-0.05, 0) is 53.1 Å². The van der Waals surface area contributed by atoms with Gasteiger partial charge in [0.15, 0.2) is 0 Å². The Bertz CT molecular complexity index is 1680. The van der Waals surface area contributed by atoms with Crippen LogP contribution < -0.4 is 4.74 Å². The first-order valence-electron chi connectivity index (χ1n) is 15.3. The maximum atomic E-state index is 12.7. The van der Waals surface area contributed by atoms with E-state index in [9.17, 15) is 46.0 Å². The van der Waals surface area contributed by atoms with E-state index in [-0.39, 0.29) is 0 Å². The van der Waals surface area contributed by atoms with E-state index in [4.69, 9.17) is 14.2 Å². The van der Waals surface area contributed by atoms with E-state index >= 15 is 0 Å². The average Bonchev–Trinajstić information content (AvgIpc) is 3.36. The molecule has 0 aromatic heterocycles. The number of hydrogen-bond donors (Lipinski definition) is 9. The molecule has 9 N–H and O–H groups in total. The van der Waals surface area contributed by atoms with Crippen LogP contribution in [0.15, 0.2) is 60.7 Å². The van der Waals surface area contributed by atoms with Crippen molar-refractivity contribution in [3.05, 3.63) is 88.5 Å². The molecule has 252 valence electrons. The fourth-order valence-electron chi connectivity index (χ4n) is 6.37. The minimum Gasteiger partial charge on any atom is -0.497 e. The Morgan fingerprint density at radius 2 is 1.12 bits per heavy atom. The third-order valence-electron chi connectivity index (χ3n) is 9.10. The van der Waals surface area contributed by atoms with E-state index in [0.29, 0.717) is 44.7 Å². The molecule has 0 saturated carbocycles. The van der Waals surface area contributed by atoms with Gasteiger partial charge in [0.2, 0.25) is 0 Å². The summed E-state index contributed by atoms with van der Waals surface area (Å²) in [5, 5.41) is 93.1. The molecule has 2 heterocycles. The van der Waals surface area contributed by atoms with Gasteiger partial charge in [-0.2, -0.15) is 0 Å². The second-order valence-corrected chi connectivity index (χ2v) is 12.0. The molecule has 3 aromatic carbocycles. The first kappa shape index (κ1) is 34.0. The summed E-state index contributed by atoms with van der Waals surface area (Å²) in [6, 6.07) is 17.4. The minimum atomic E-state index is -1.72. The summed E-state index contributed by atoms with van der Waals surface area (Å²) in [5.41, 5.74) is 2.06. The number of methoxy groups -OCH3 is 1. The summed E-state index contributed by atoms with van der Waals surface area (Å²) < 4.78 is 16.5. The van der Waals surface area contributed by atoms with E-state index in [1.54, 1.807) is 60.7 Å². The molecule has 10 atom stereocenters. The zero-order chi connectivity index (χ0) is 34.3. The second kappa shape index (κ2) is 13.6. The van der Waals surface area contributed by atoms with Crippen molar-refractivity contribution in [2.75, 3.05) is 20.3 Å². The molecule has 12 nitrogen and oxygen atoms in total. The normalized spacial score (nSPS) is 31.8. The van der Waals surface area contributed by atoms with Crippen LogP contribution in [-0.2, 0) is 15.1 Å². The molecule has 0 radical (unpaired) electrons. The van der Waals surface area contributed by atoms with E-state index in [0.717, 1.165) is 0 Å². The summed E-state index contributed by atoms with van der Waals surface area (Å²) in [6.07, 6.45) is -13.8. The van der Waals surface area contributed by atoms with E-state index in [1.807, 2.05) is 0 Å². The number of benzene rings is 3. The standard InChI is InChI=1S/C36H36O12/c1-46-21-4-2-3-20(15-21)36(45)24-13-18(7-11-26-30(39)34(43)32(41)28(16-37)47-26)5-9-22(24)23-10-6-19(14-25(23)36)8-12-27-31(40)35(44)33(42)29(17-38)48-27/h2-6,9-10,13-15,26-35,37-45H,16-17H2,1H3/t26-,27-,28-,29-,30-,31-,32-,33-,34-,35-/m1/s1. The fourth-order valence-corrected chi connectivity index (χ4v) is 6.37. The molecular formula is C36H36O12. The molecule has 12 heteroatoms. The molecule has 0 amide bonds. The Labute approximate surface area is 276 Å². The van der Waals surface area contributed by atoms with Gasteiger partial charge in [-0.15, -0.1) is 0 Å². The van der Waals surface area contributed by atoms with Gasteiger partial charge in [0.05, 0.1) is 20.3 Å². The monoisotopic (exact) mass is 660 g/mol. The summed E-state index contributed by atoms with van der Waals surface area (Å²) in [4.78, 5) is 0. The Hall–Kier alpha value is -3.86. The van der Waals surface area contributed by atoms with Crippen LogP contribution in [0.3, 0.4) is 0 Å². The van der Waals surface area contributed by atoms with Gasteiger partial charge in [0, 0.05) is 22.3 Å². The maximum absolute atomic E-state index is 12.7. The lowest BCUT2D eigenvalue weighted by molar-refractivity contribution is -0.214. The molecule has 0 spiro atoms. The molecule has 3 aliphatic rings. The molecule has 0 bridgehead atoms. The number of rotatable bonds is 4. The number of fused-ring (bicyclic) bond motifs is 3. The minimum absolute atomic E-state index is 0.447. The maximum Gasteiger partial charge on any atom is 0.147 e. The Morgan fingerprint density at radius 1 is 0.646 bits per heavy atom. The summed E-state index contributed by atoms with van der Waals surface area (Å²) in [7, 11) is 1.51. The summed E-state index contributed by atoms with van der Waals surface area (Å²) in [5.74, 6) is 11.9. The topological polar surface area (TPSA) is 210 Å². The highest BCUT2D eigenvalue weighted by Crippen LogP contribution is 2.51. The van der Waals surface area contributed by atoms with Crippen LogP contribution in [-0.4, -0.2) is 127 Å². The van der Waals surface area contributed by atoms with Gasteiger partial charge in [-0.1, -0.05) is 47.9 Å². The van der Waals surface area contributed by atoms with Crippen molar-refractivity contribution in [1.82, 2.24) is 0 Å². The molecule has 0 unspecified atom stereocenters. The smallest absolute Gasteiger partial charge is 0.147 e. The van der Waals surface area contributed by atoms with E-state index < -0.39 is 79.9 Å². The van der Waals surface area contributed by atoms with Crippen LogP contribution in [0.4, 0.5) is 0 Å². The molecule has 6 rings (SSSR count). The predicted molar refractivity (Wildman–Crippen MR) is 168 cm³/mol. The van der Waals surface area contributed by atoms with Gasteiger partial charge in [0.1, 0.15) is 72.4 Å². The van der Waals surface area contributed by atoms with Gasteiger partial charge in [-0.25, -0.2) is 0 Å². The van der Waals surface area contributed by atoms with Crippen LogP contribution in [0, 0.1) is 23.7 Å². The van der Waals surface area contributed by atoms with Crippen molar-refractivity contribution in [3.63, 3.8) is 0 Å². The highest BCUT2D eigenvalue weighted by molar-refractivity contribution is 5.83. The summed E-state index contributed by atoms with van der Waals surface area (Å²) in [6.45, 7) is -1.16. The number of aliphatic hydroxyl groups excluding tert-OH is 8. The van der Waals surface area contributed by atoms with Gasteiger partial charge in [0.25, 0.3) is 0 Å². The van der Waals surface area contributed by atoms with Crippen LogP contribution in [0.5, 0.6) is 5.75 Å². The zero-order valence-corrected chi connectivity index (χ0v) is 25.7. The van der Waals surface area contributed by atoms with Crippen LogP contribution in [0.2, 0.25) is 0 Å². The molecule has 48 heavy (non-hydrogen) atoms. The van der Waals surface area contributed by atoms with Crippen LogP contribution in [0.25, 0.3) is 11.1 Å². The second-order valence-electron chi connectivity index (χ2n) is 12.0. The molecule has 1 aliphatic carbocycles. The van der Waals surface area contributed by atoms with Crippen molar-refractivity contribution in [1.29, 1.82) is 0 Å². The van der Waals surface area contributed by atoms with Gasteiger partial charge >= 0.3 is 0 Å². The third kappa shape index (κ3) is 5.88. The molecule has 3 aromatic rings. The van der Waals surface area contributed by atoms with Gasteiger partial charge < -0.3 is 60.2 Å². The largest absolute Gasteiger partial charge is 0.497 e.